The van der Waals surface area contributed by atoms with Crippen molar-refractivity contribution in [1.82, 2.24) is 10.1 Å². The van der Waals surface area contributed by atoms with Gasteiger partial charge in [0.1, 0.15) is 5.92 Å². The lowest BCUT2D eigenvalue weighted by atomic mass is 9.89. The van der Waals surface area contributed by atoms with Gasteiger partial charge in [-0.3, -0.25) is 4.79 Å². The molecule has 18 heavy (non-hydrogen) atoms. The van der Waals surface area contributed by atoms with Gasteiger partial charge in [0.25, 0.3) is 0 Å². The molecule has 1 fully saturated rings. The van der Waals surface area contributed by atoms with E-state index in [9.17, 15) is 4.79 Å². The van der Waals surface area contributed by atoms with Crippen molar-refractivity contribution >= 4 is 5.97 Å². The van der Waals surface area contributed by atoms with Crippen LogP contribution in [0.2, 0.25) is 0 Å². The molecule has 5 nitrogen and oxygen atoms in total. The molecule has 5 heteroatoms. The number of carbonyl (C=O) groups excluding carboxylic acids is 1. The topological polar surface area (TPSA) is 65.2 Å². The lowest BCUT2D eigenvalue weighted by Crippen LogP contribution is -2.13. The average molecular weight is 252 g/mol. The van der Waals surface area contributed by atoms with Crippen molar-refractivity contribution in [2.45, 2.75) is 57.8 Å². The third-order valence-corrected chi connectivity index (χ3v) is 3.44. The predicted molar refractivity (Wildman–Crippen MR) is 65.2 cm³/mol. The fourth-order valence-corrected chi connectivity index (χ4v) is 2.32. The van der Waals surface area contributed by atoms with E-state index in [1.165, 1.54) is 19.3 Å². The Balaban J connectivity index is 2.02. The van der Waals surface area contributed by atoms with Gasteiger partial charge in [-0.2, -0.15) is 4.98 Å². The van der Waals surface area contributed by atoms with Gasteiger partial charge in [0.15, 0.2) is 5.82 Å². The maximum atomic E-state index is 11.6. The van der Waals surface area contributed by atoms with Gasteiger partial charge in [0.2, 0.25) is 5.89 Å². The lowest BCUT2D eigenvalue weighted by molar-refractivity contribution is -0.145. The molecular formula is C13H20N2O3. The summed E-state index contributed by atoms with van der Waals surface area (Å²) >= 11 is 0. The predicted octanol–water partition coefficient (Wildman–Crippen LogP) is 2.78. The van der Waals surface area contributed by atoms with Gasteiger partial charge in [-0.25, -0.2) is 0 Å². The molecule has 0 N–H and O–H groups in total. The van der Waals surface area contributed by atoms with Gasteiger partial charge in [-0.05, 0) is 26.7 Å². The average Bonchev–Trinajstić information content (AvgIpc) is 2.89. The van der Waals surface area contributed by atoms with E-state index in [1.54, 1.807) is 13.8 Å². The summed E-state index contributed by atoms with van der Waals surface area (Å²) in [6.45, 7) is 3.88. The molecule has 0 aromatic carbocycles. The van der Waals surface area contributed by atoms with E-state index in [0.717, 1.165) is 18.7 Å². The van der Waals surface area contributed by atoms with E-state index < -0.39 is 5.92 Å². The van der Waals surface area contributed by atoms with E-state index in [1.807, 2.05) is 0 Å². The molecule has 0 saturated heterocycles. The van der Waals surface area contributed by atoms with Crippen molar-refractivity contribution in [2.75, 3.05) is 6.61 Å². The maximum Gasteiger partial charge on any atom is 0.318 e. The first-order valence-electron chi connectivity index (χ1n) is 6.72. The van der Waals surface area contributed by atoms with Gasteiger partial charge in [-0.1, -0.05) is 24.4 Å². The number of hydrogen-bond acceptors (Lipinski definition) is 5. The molecule has 0 amide bonds. The second-order valence-electron chi connectivity index (χ2n) is 4.80. The molecule has 0 spiro atoms. The molecule has 2 rings (SSSR count). The Labute approximate surface area is 107 Å². The first-order chi connectivity index (χ1) is 8.72. The van der Waals surface area contributed by atoms with Crippen LogP contribution in [0, 0.1) is 0 Å². The third kappa shape index (κ3) is 2.89. The van der Waals surface area contributed by atoms with E-state index in [4.69, 9.17) is 9.26 Å². The summed E-state index contributed by atoms with van der Waals surface area (Å²) in [6, 6.07) is 0. The van der Waals surface area contributed by atoms with Crippen LogP contribution in [0.15, 0.2) is 4.52 Å². The zero-order chi connectivity index (χ0) is 13.0. The minimum atomic E-state index is -0.477. The first-order valence-corrected chi connectivity index (χ1v) is 6.72. The SMILES string of the molecule is CCOC(=O)C(C)c1nc(C2CCCCC2)no1. The summed E-state index contributed by atoms with van der Waals surface area (Å²) in [5, 5.41) is 4.01. The van der Waals surface area contributed by atoms with E-state index in [2.05, 4.69) is 10.1 Å². The Kier molecular flexibility index (Phi) is 4.33. The summed E-state index contributed by atoms with van der Waals surface area (Å²) in [5.41, 5.74) is 0. The Morgan fingerprint density at radius 2 is 2.17 bits per heavy atom. The Bertz CT molecular complexity index is 397. The number of nitrogens with zero attached hydrogens (tertiary/aromatic N) is 2. The minimum absolute atomic E-state index is 0.309. The van der Waals surface area contributed by atoms with Crippen LogP contribution in [0.4, 0.5) is 0 Å². The van der Waals surface area contributed by atoms with Crippen molar-refractivity contribution in [2.24, 2.45) is 0 Å². The van der Waals surface area contributed by atoms with Gasteiger partial charge in [0, 0.05) is 5.92 Å². The van der Waals surface area contributed by atoms with Crippen LogP contribution in [0.5, 0.6) is 0 Å². The first kappa shape index (κ1) is 13.1. The highest BCUT2D eigenvalue weighted by Crippen LogP contribution is 2.31. The standard InChI is InChI=1S/C13H20N2O3/c1-3-17-13(16)9(2)12-14-11(15-18-12)10-7-5-4-6-8-10/h9-10H,3-8H2,1-2H3. The molecule has 1 aliphatic rings. The monoisotopic (exact) mass is 252 g/mol. The van der Waals surface area contributed by atoms with E-state index in [-0.39, 0.29) is 5.97 Å². The number of hydrogen-bond donors (Lipinski definition) is 0. The van der Waals surface area contributed by atoms with Gasteiger partial charge in [-0.15, -0.1) is 0 Å². The molecule has 1 aromatic rings. The smallest absolute Gasteiger partial charge is 0.318 e. The van der Waals surface area contributed by atoms with Crippen molar-refractivity contribution in [3.8, 4) is 0 Å². The fraction of sp³-hybridized carbons (Fsp3) is 0.769. The van der Waals surface area contributed by atoms with Crippen molar-refractivity contribution in [3.63, 3.8) is 0 Å². The Morgan fingerprint density at radius 1 is 1.44 bits per heavy atom. The molecule has 1 heterocycles. The lowest BCUT2D eigenvalue weighted by Gasteiger charge is -2.17. The van der Waals surface area contributed by atoms with Crippen LogP contribution in [0.1, 0.15) is 69.5 Å². The molecule has 1 aromatic heterocycles. The molecule has 0 bridgehead atoms. The van der Waals surface area contributed by atoms with Gasteiger partial charge < -0.3 is 9.26 Å². The summed E-state index contributed by atoms with van der Waals surface area (Å²) in [5.74, 6) is 0.728. The normalized spacial score (nSPS) is 18.6. The van der Waals surface area contributed by atoms with Gasteiger partial charge >= 0.3 is 5.97 Å². The zero-order valence-electron chi connectivity index (χ0n) is 11.0. The van der Waals surface area contributed by atoms with Crippen molar-refractivity contribution in [1.29, 1.82) is 0 Å². The van der Waals surface area contributed by atoms with Crippen LogP contribution in [-0.4, -0.2) is 22.7 Å². The Hall–Kier alpha value is -1.39. The fourth-order valence-electron chi connectivity index (χ4n) is 2.32. The number of aromatic nitrogens is 2. The maximum absolute atomic E-state index is 11.6. The number of rotatable bonds is 4. The Morgan fingerprint density at radius 3 is 2.83 bits per heavy atom. The van der Waals surface area contributed by atoms with E-state index >= 15 is 0 Å². The largest absolute Gasteiger partial charge is 0.465 e. The number of carbonyl (C=O) groups is 1. The van der Waals surface area contributed by atoms with Crippen LogP contribution >= 0.6 is 0 Å². The summed E-state index contributed by atoms with van der Waals surface area (Å²) in [4.78, 5) is 15.9. The highest BCUT2D eigenvalue weighted by molar-refractivity contribution is 5.76. The molecule has 1 atom stereocenters. The summed E-state index contributed by atoms with van der Waals surface area (Å²) < 4.78 is 10.1. The van der Waals surface area contributed by atoms with E-state index in [0.29, 0.717) is 18.4 Å². The number of esters is 1. The molecule has 100 valence electrons. The molecular weight excluding hydrogens is 232 g/mol. The molecule has 1 aliphatic carbocycles. The van der Waals surface area contributed by atoms with Crippen LogP contribution in [-0.2, 0) is 9.53 Å². The minimum Gasteiger partial charge on any atom is -0.465 e. The van der Waals surface area contributed by atoms with Gasteiger partial charge in [0.05, 0.1) is 6.61 Å². The molecule has 0 aliphatic heterocycles. The number of ether oxygens (including phenoxy) is 1. The zero-order valence-corrected chi connectivity index (χ0v) is 11.0. The van der Waals surface area contributed by atoms with Crippen molar-refractivity contribution in [3.05, 3.63) is 11.7 Å². The second kappa shape index (κ2) is 5.98. The van der Waals surface area contributed by atoms with Crippen LogP contribution in [0.25, 0.3) is 0 Å². The van der Waals surface area contributed by atoms with Crippen LogP contribution in [0.3, 0.4) is 0 Å². The second-order valence-corrected chi connectivity index (χ2v) is 4.80. The highest BCUT2D eigenvalue weighted by atomic mass is 16.5. The molecule has 0 radical (unpaired) electrons. The quantitative estimate of drug-likeness (QED) is 0.771. The highest BCUT2D eigenvalue weighted by Gasteiger charge is 2.26. The summed E-state index contributed by atoms with van der Waals surface area (Å²) in [7, 11) is 0. The molecule has 1 unspecified atom stereocenters. The molecule has 1 saturated carbocycles. The third-order valence-electron chi connectivity index (χ3n) is 3.44. The van der Waals surface area contributed by atoms with Crippen molar-refractivity contribution < 1.29 is 14.1 Å². The summed E-state index contributed by atoms with van der Waals surface area (Å²) in [6.07, 6.45) is 5.98. The van der Waals surface area contributed by atoms with Crippen LogP contribution < -0.4 is 0 Å².